The number of nitrogens with one attached hydrogen (secondary N) is 1. The highest BCUT2D eigenvalue weighted by atomic mass is 16.5. The summed E-state index contributed by atoms with van der Waals surface area (Å²) in [6.45, 7) is 4.78. The summed E-state index contributed by atoms with van der Waals surface area (Å²) >= 11 is 0. The molecule has 0 aliphatic carbocycles. The average Bonchev–Trinajstić information content (AvgIpc) is 2.54. The lowest BCUT2D eigenvalue weighted by Crippen LogP contribution is -1.99. The van der Waals surface area contributed by atoms with E-state index in [1.807, 2.05) is 31.2 Å². The molecule has 0 fully saturated rings. The molecule has 2 rings (SSSR count). The first kappa shape index (κ1) is 16.0. The fourth-order valence-corrected chi connectivity index (χ4v) is 2.46. The Morgan fingerprint density at radius 3 is 2.68 bits per heavy atom. The van der Waals surface area contributed by atoms with Crippen molar-refractivity contribution < 1.29 is 9.94 Å². The van der Waals surface area contributed by atoms with Crippen LogP contribution in [0.15, 0.2) is 47.6 Å². The van der Waals surface area contributed by atoms with E-state index in [2.05, 4.69) is 30.2 Å². The Morgan fingerprint density at radius 2 is 1.95 bits per heavy atom. The van der Waals surface area contributed by atoms with Gasteiger partial charge in [-0.1, -0.05) is 49.7 Å². The molecule has 22 heavy (non-hydrogen) atoms. The van der Waals surface area contributed by atoms with Gasteiger partial charge in [-0.05, 0) is 30.5 Å². The van der Waals surface area contributed by atoms with E-state index in [0.29, 0.717) is 6.61 Å². The molecule has 0 saturated carbocycles. The van der Waals surface area contributed by atoms with Crippen LogP contribution in [0.4, 0.5) is 0 Å². The smallest absolute Gasteiger partial charge is 0.127 e. The van der Waals surface area contributed by atoms with Crippen molar-refractivity contribution in [1.29, 1.82) is 0 Å². The third-order valence-corrected chi connectivity index (χ3v) is 3.40. The molecular weight excluding hydrogens is 276 g/mol. The number of benzene rings is 2. The highest BCUT2D eigenvalue weighted by molar-refractivity contribution is 5.91. The average molecular weight is 298 g/mol. The summed E-state index contributed by atoms with van der Waals surface area (Å²) in [6, 6.07) is 14.2. The number of rotatable bonds is 7. The molecule has 0 saturated heterocycles. The predicted molar refractivity (Wildman–Crippen MR) is 89.6 cm³/mol. The number of nitrogens with zero attached hydrogens (tertiary/aromatic N) is 1. The van der Waals surface area contributed by atoms with Gasteiger partial charge < -0.3 is 4.74 Å². The van der Waals surface area contributed by atoms with Crippen LogP contribution in [0.25, 0.3) is 11.1 Å². The zero-order valence-electron chi connectivity index (χ0n) is 13.0. The first-order chi connectivity index (χ1) is 10.8. The molecule has 2 N–H and O–H groups in total. The van der Waals surface area contributed by atoms with E-state index in [4.69, 9.17) is 9.94 Å². The van der Waals surface area contributed by atoms with Gasteiger partial charge in [-0.25, -0.2) is 0 Å². The maximum atomic E-state index is 8.65. The van der Waals surface area contributed by atoms with E-state index in [-0.39, 0.29) is 0 Å². The highest BCUT2D eigenvalue weighted by Crippen LogP contribution is 2.33. The molecule has 0 aromatic heterocycles. The molecule has 0 amide bonds. The molecular formula is C18H22N2O2. The Kier molecular flexibility index (Phi) is 5.98. The fraction of sp³-hybridized carbons (Fsp3) is 0.278. The van der Waals surface area contributed by atoms with Gasteiger partial charge in [0, 0.05) is 11.1 Å². The van der Waals surface area contributed by atoms with Gasteiger partial charge in [0.05, 0.1) is 12.8 Å². The van der Waals surface area contributed by atoms with Gasteiger partial charge in [-0.3, -0.25) is 5.21 Å². The van der Waals surface area contributed by atoms with Crippen LogP contribution in [0, 0.1) is 0 Å². The van der Waals surface area contributed by atoms with Crippen molar-refractivity contribution in [2.45, 2.75) is 26.7 Å². The van der Waals surface area contributed by atoms with Gasteiger partial charge in [-0.2, -0.15) is 10.7 Å². The van der Waals surface area contributed by atoms with Crippen LogP contribution in [-0.2, 0) is 6.42 Å². The van der Waals surface area contributed by atoms with E-state index < -0.39 is 0 Å². The summed E-state index contributed by atoms with van der Waals surface area (Å²) < 4.78 is 5.83. The number of hydrogen-bond donors (Lipinski definition) is 2. The Hall–Kier alpha value is -2.33. The Labute approximate surface area is 131 Å². The van der Waals surface area contributed by atoms with Crippen LogP contribution in [0.5, 0.6) is 5.75 Å². The Morgan fingerprint density at radius 1 is 1.14 bits per heavy atom. The zero-order chi connectivity index (χ0) is 15.8. The van der Waals surface area contributed by atoms with Gasteiger partial charge in [-0.15, -0.1) is 0 Å². The van der Waals surface area contributed by atoms with Crippen molar-refractivity contribution in [2.24, 2.45) is 5.10 Å². The van der Waals surface area contributed by atoms with Crippen LogP contribution >= 0.6 is 0 Å². The molecule has 116 valence electrons. The minimum absolute atomic E-state index is 0.622. The molecule has 0 atom stereocenters. The maximum Gasteiger partial charge on any atom is 0.127 e. The largest absolute Gasteiger partial charge is 0.493 e. The lowest BCUT2D eigenvalue weighted by Gasteiger charge is -2.14. The summed E-state index contributed by atoms with van der Waals surface area (Å²) in [4.78, 5) is 0. The Bertz CT molecular complexity index is 639. The molecule has 4 nitrogen and oxygen atoms in total. The molecule has 4 heteroatoms. The van der Waals surface area contributed by atoms with Gasteiger partial charge in [0.2, 0.25) is 0 Å². The summed E-state index contributed by atoms with van der Waals surface area (Å²) in [5, 5.41) is 12.3. The van der Waals surface area contributed by atoms with Crippen molar-refractivity contribution in [2.75, 3.05) is 6.61 Å². The van der Waals surface area contributed by atoms with Crippen molar-refractivity contribution in [3.05, 3.63) is 53.6 Å². The van der Waals surface area contributed by atoms with Crippen LogP contribution in [-0.4, -0.2) is 18.0 Å². The van der Waals surface area contributed by atoms with E-state index >= 15 is 0 Å². The number of ether oxygens (including phenoxy) is 1. The van der Waals surface area contributed by atoms with Crippen molar-refractivity contribution in [3.8, 4) is 16.9 Å². The summed E-state index contributed by atoms with van der Waals surface area (Å²) in [5.74, 6) is 0.881. The standard InChI is InChI=1S/C18H22N2O2/c1-3-7-14-10-11-17(18(12-14)22-4-2)16-9-6-5-8-15(16)13-19-20-21/h5-6,8-13,20-21H,3-4,7H2,1-2H3. The van der Waals surface area contributed by atoms with E-state index in [9.17, 15) is 0 Å². The summed E-state index contributed by atoms with van der Waals surface area (Å²) in [5.41, 5.74) is 6.04. The monoisotopic (exact) mass is 298 g/mol. The molecule has 2 aromatic rings. The third-order valence-electron chi connectivity index (χ3n) is 3.40. The van der Waals surface area contributed by atoms with Gasteiger partial charge in [0.25, 0.3) is 0 Å². The number of hydrogen-bond acceptors (Lipinski definition) is 4. The van der Waals surface area contributed by atoms with Crippen LogP contribution in [0.1, 0.15) is 31.4 Å². The summed E-state index contributed by atoms with van der Waals surface area (Å²) in [6.07, 6.45) is 3.74. The molecule has 0 heterocycles. The third kappa shape index (κ3) is 3.86. The molecule has 0 spiro atoms. The first-order valence-electron chi connectivity index (χ1n) is 7.57. The fourth-order valence-electron chi connectivity index (χ4n) is 2.46. The van der Waals surface area contributed by atoms with E-state index in [1.165, 1.54) is 5.56 Å². The number of aryl methyl sites for hydroxylation is 1. The van der Waals surface area contributed by atoms with Gasteiger partial charge >= 0.3 is 0 Å². The molecule has 0 unspecified atom stereocenters. The maximum absolute atomic E-state index is 8.65. The quantitative estimate of drug-likeness (QED) is 0.599. The second-order valence-electron chi connectivity index (χ2n) is 4.96. The highest BCUT2D eigenvalue weighted by Gasteiger charge is 2.10. The normalized spacial score (nSPS) is 10.9. The van der Waals surface area contributed by atoms with E-state index in [1.54, 1.807) is 11.8 Å². The molecule has 0 bridgehead atoms. The molecule has 0 radical (unpaired) electrons. The first-order valence-corrected chi connectivity index (χ1v) is 7.57. The van der Waals surface area contributed by atoms with E-state index in [0.717, 1.165) is 35.3 Å². The number of hydrazone groups is 1. The minimum Gasteiger partial charge on any atom is -0.493 e. The molecule has 2 aromatic carbocycles. The zero-order valence-corrected chi connectivity index (χ0v) is 13.0. The van der Waals surface area contributed by atoms with Crippen molar-refractivity contribution >= 4 is 6.21 Å². The molecule has 0 aliphatic heterocycles. The Balaban J connectivity index is 2.49. The summed E-state index contributed by atoms with van der Waals surface area (Å²) in [7, 11) is 0. The van der Waals surface area contributed by atoms with Gasteiger partial charge in [0.1, 0.15) is 5.75 Å². The topological polar surface area (TPSA) is 53.9 Å². The SMILES string of the molecule is CCCc1ccc(-c2ccccc2C=NNO)c(OCC)c1. The lowest BCUT2D eigenvalue weighted by molar-refractivity contribution is 0.173. The lowest BCUT2D eigenvalue weighted by atomic mass is 9.97. The van der Waals surface area contributed by atoms with Crippen molar-refractivity contribution in [3.63, 3.8) is 0 Å². The van der Waals surface area contributed by atoms with Gasteiger partial charge in [0.15, 0.2) is 0 Å². The molecule has 0 aliphatic rings. The predicted octanol–water partition coefficient (Wildman–Crippen LogP) is 4.02. The second-order valence-corrected chi connectivity index (χ2v) is 4.96. The van der Waals surface area contributed by atoms with Crippen LogP contribution in [0.3, 0.4) is 0 Å². The van der Waals surface area contributed by atoms with Crippen LogP contribution in [0.2, 0.25) is 0 Å². The van der Waals surface area contributed by atoms with Crippen molar-refractivity contribution in [1.82, 2.24) is 5.59 Å². The van der Waals surface area contributed by atoms with Crippen LogP contribution < -0.4 is 10.3 Å². The minimum atomic E-state index is 0.622. The second kappa shape index (κ2) is 8.20.